The molecular formula is C28H18Cl2N2O4. The number of esters is 1. The molecule has 0 unspecified atom stereocenters. The molecule has 0 aromatic heterocycles. The van der Waals surface area contributed by atoms with E-state index < -0.39 is 11.9 Å². The van der Waals surface area contributed by atoms with Gasteiger partial charge in [-0.25, -0.2) is 4.79 Å². The molecular weight excluding hydrogens is 499 g/mol. The van der Waals surface area contributed by atoms with E-state index in [1.165, 1.54) is 37.5 Å². The van der Waals surface area contributed by atoms with Gasteiger partial charge in [0, 0.05) is 15.7 Å². The largest absolute Gasteiger partial charge is 0.493 e. The lowest BCUT2D eigenvalue weighted by Crippen LogP contribution is -2.13. The third kappa shape index (κ3) is 5.66. The Hall–Kier alpha value is -4.31. The van der Waals surface area contributed by atoms with E-state index in [4.69, 9.17) is 32.7 Å². The third-order valence-electron chi connectivity index (χ3n) is 5.20. The molecule has 0 bridgehead atoms. The van der Waals surface area contributed by atoms with Crippen molar-refractivity contribution in [1.29, 1.82) is 5.26 Å². The van der Waals surface area contributed by atoms with Crippen LogP contribution < -0.4 is 14.8 Å². The summed E-state index contributed by atoms with van der Waals surface area (Å²) in [6, 6.07) is 24.0. The second kappa shape index (κ2) is 11.0. The Balaban J connectivity index is 1.61. The van der Waals surface area contributed by atoms with Crippen LogP contribution in [0, 0.1) is 11.3 Å². The number of nitrogens with one attached hydrogen (secondary N) is 1. The molecule has 0 saturated carbocycles. The lowest BCUT2D eigenvalue weighted by Gasteiger charge is -2.11. The van der Waals surface area contributed by atoms with E-state index in [0.717, 1.165) is 10.8 Å². The Morgan fingerprint density at radius 1 is 0.917 bits per heavy atom. The number of carbonyl (C=O) groups is 2. The van der Waals surface area contributed by atoms with E-state index in [1.54, 1.807) is 24.3 Å². The zero-order valence-corrected chi connectivity index (χ0v) is 20.4. The first-order valence-corrected chi connectivity index (χ1v) is 11.4. The van der Waals surface area contributed by atoms with Crippen molar-refractivity contribution in [2.75, 3.05) is 12.4 Å². The average Bonchev–Trinajstić information content (AvgIpc) is 2.86. The fourth-order valence-electron chi connectivity index (χ4n) is 3.56. The summed E-state index contributed by atoms with van der Waals surface area (Å²) in [5, 5.41) is 14.5. The maximum Gasteiger partial charge on any atom is 0.344 e. The van der Waals surface area contributed by atoms with Crippen molar-refractivity contribution in [3.63, 3.8) is 0 Å². The fourth-order valence-corrected chi connectivity index (χ4v) is 4.09. The summed E-state index contributed by atoms with van der Waals surface area (Å²) in [4.78, 5) is 25.7. The molecule has 0 atom stereocenters. The molecule has 36 heavy (non-hydrogen) atoms. The van der Waals surface area contributed by atoms with Gasteiger partial charge in [0.15, 0.2) is 11.5 Å². The molecule has 8 heteroatoms. The maximum absolute atomic E-state index is 13.0. The van der Waals surface area contributed by atoms with Crippen LogP contribution in [-0.4, -0.2) is 19.0 Å². The number of fused-ring (bicyclic) bond motifs is 1. The van der Waals surface area contributed by atoms with E-state index in [0.29, 0.717) is 32.6 Å². The topological polar surface area (TPSA) is 88.4 Å². The first-order valence-electron chi connectivity index (χ1n) is 10.6. The zero-order valence-electron chi connectivity index (χ0n) is 18.9. The van der Waals surface area contributed by atoms with Gasteiger partial charge in [-0.1, -0.05) is 65.7 Å². The van der Waals surface area contributed by atoms with Crippen molar-refractivity contribution in [2.24, 2.45) is 0 Å². The minimum Gasteiger partial charge on any atom is -0.493 e. The number of ether oxygens (including phenoxy) is 2. The molecule has 0 aliphatic heterocycles. The number of nitriles is 1. The van der Waals surface area contributed by atoms with Gasteiger partial charge in [0.05, 0.1) is 12.7 Å². The van der Waals surface area contributed by atoms with Crippen molar-refractivity contribution in [1.82, 2.24) is 0 Å². The van der Waals surface area contributed by atoms with E-state index in [1.807, 2.05) is 36.4 Å². The van der Waals surface area contributed by atoms with Crippen LogP contribution in [0.2, 0.25) is 10.0 Å². The molecule has 1 amide bonds. The third-order valence-corrected chi connectivity index (χ3v) is 5.63. The highest BCUT2D eigenvalue weighted by atomic mass is 35.5. The summed E-state index contributed by atoms with van der Waals surface area (Å²) in [5.74, 6) is -0.760. The molecule has 0 heterocycles. The molecule has 0 fully saturated rings. The summed E-state index contributed by atoms with van der Waals surface area (Å²) in [6.45, 7) is 0. The Bertz CT molecular complexity index is 1530. The predicted octanol–water partition coefficient (Wildman–Crippen LogP) is 6.92. The summed E-state index contributed by atoms with van der Waals surface area (Å²) < 4.78 is 11.0. The Morgan fingerprint density at radius 3 is 2.36 bits per heavy atom. The number of nitrogens with zero attached hydrogens (tertiary/aromatic N) is 1. The zero-order chi connectivity index (χ0) is 25.7. The van der Waals surface area contributed by atoms with Crippen LogP contribution in [0.15, 0.2) is 84.4 Å². The normalized spacial score (nSPS) is 11.0. The Kier molecular flexibility index (Phi) is 7.55. The molecule has 0 spiro atoms. The minimum absolute atomic E-state index is 0.142. The molecule has 178 valence electrons. The summed E-state index contributed by atoms with van der Waals surface area (Å²) in [7, 11) is 1.45. The monoisotopic (exact) mass is 516 g/mol. The predicted molar refractivity (Wildman–Crippen MR) is 141 cm³/mol. The second-order valence-corrected chi connectivity index (χ2v) is 8.48. The number of hydrogen-bond donors (Lipinski definition) is 1. The maximum atomic E-state index is 13.0. The van der Waals surface area contributed by atoms with Crippen LogP contribution in [0.1, 0.15) is 15.9 Å². The number of benzene rings is 4. The van der Waals surface area contributed by atoms with Gasteiger partial charge in [0.25, 0.3) is 5.91 Å². The highest BCUT2D eigenvalue weighted by Gasteiger charge is 2.16. The van der Waals surface area contributed by atoms with E-state index >= 15 is 0 Å². The molecule has 4 aromatic rings. The van der Waals surface area contributed by atoms with Gasteiger partial charge in [-0.3, -0.25) is 4.79 Å². The second-order valence-electron chi connectivity index (χ2n) is 7.61. The van der Waals surface area contributed by atoms with Gasteiger partial charge in [-0.05, 0) is 58.8 Å². The minimum atomic E-state index is -0.652. The lowest BCUT2D eigenvalue weighted by atomic mass is 10.0. The van der Waals surface area contributed by atoms with Gasteiger partial charge < -0.3 is 14.8 Å². The Labute approximate surface area is 217 Å². The highest BCUT2D eigenvalue weighted by molar-refractivity contribution is 6.35. The van der Waals surface area contributed by atoms with Crippen molar-refractivity contribution >= 4 is 57.6 Å². The molecule has 0 radical (unpaired) electrons. The van der Waals surface area contributed by atoms with E-state index in [9.17, 15) is 14.9 Å². The van der Waals surface area contributed by atoms with Gasteiger partial charge >= 0.3 is 5.97 Å². The van der Waals surface area contributed by atoms with E-state index in [-0.39, 0.29) is 11.3 Å². The molecule has 6 nitrogen and oxygen atoms in total. The van der Waals surface area contributed by atoms with Gasteiger partial charge in [-0.2, -0.15) is 5.26 Å². The Morgan fingerprint density at radius 2 is 1.64 bits per heavy atom. The van der Waals surface area contributed by atoms with Crippen molar-refractivity contribution in [3.05, 3.63) is 106 Å². The lowest BCUT2D eigenvalue weighted by molar-refractivity contribution is -0.112. The number of amides is 1. The molecule has 0 aliphatic rings. The standard InChI is InChI=1S/C28H18Cl2N2O4/c1-35-25-10-9-17(11-19(16-31)27(33)32-22-14-20(29)13-21(30)15-22)12-26(25)36-28(34)24-8-4-6-18-5-2-3-7-23(18)24/h2-15H,1H3,(H,32,33)/b19-11-. The fraction of sp³-hybridized carbons (Fsp3) is 0.0357. The number of hydrogen-bond acceptors (Lipinski definition) is 5. The number of methoxy groups -OCH3 is 1. The van der Waals surface area contributed by atoms with Crippen molar-refractivity contribution in [3.8, 4) is 17.6 Å². The van der Waals surface area contributed by atoms with E-state index in [2.05, 4.69) is 5.32 Å². The molecule has 4 rings (SSSR count). The highest BCUT2D eigenvalue weighted by Crippen LogP contribution is 2.31. The number of anilines is 1. The summed E-state index contributed by atoms with van der Waals surface area (Å²) in [5.41, 5.74) is 1.02. The van der Waals surface area contributed by atoms with Gasteiger partial charge in [0.2, 0.25) is 0 Å². The summed E-state index contributed by atoms with van der Waals surface area (Å²) in [6.07, 6.45) is 1.37. The number of carbonyl (C=O) groups excluding carboxylic acids is 2. The van der Waals surface area contributed by atoms with Crippen LogP contribution in [0.5, 0.6) is 11.5 Å². The van der Waals surface area contributed by atoms with Crippen LogP contribution >= 0.6 is 23.2 Å². The van der Waals surface area contributed by atoms with Gasteiger partial charge in [0.1, 0.15) is 11.6 Å². The molecule has 0 aliphatic carbocycles. The van der Waals surface area contributed by atoms with Crippen LogP contribution in [0.3, 0.4) is 0 Å². The van der Waals surface area contributed by atoms with Crippen molar-refractivity contribution < 1.29 is 19.1 Å². The first kappa shape index (κ1) is 24.8. The summed E-state index contributed by atoms with van der Waals surface area (Å²) >= 11 is 11.9. The average molecular weight is 517 g/mol. The quantitative estimate of drug-likeness (QED) is 0.130. The molecule has 4 aromatic carbocycles. The number of halogens is 2. The smallest absolute Gasteiger partial charge is 0.344 e. The SMILES string of the molecule is COc1ccc(/C=C(/C#N)C(=O)Nc2cc(Cl)cc(Cl)c2)cc1OC(=O)c1cccc2ccccc12. The van der Waals surface area contributed by atoms with Gasteiger partial charge in [-0.15, -0.1) is 0 Å². The molecule has 0 saturated heterocycles. The first-order chi connectivity index (χ1) is 17.4. The van der Waals surface area contributed by atoms with Crippen molar-refractivity contribution in [2.45, 2.75) is 0 Å². The number of rotatable bonds is 6. The molecule has 1 N–H and O–H groups in total. The van der Waals surface area contributed by atoms with Crippen LogP contribution in [0.4, 0.5) is 5.69 Å². The van der Waals surface area contributed by atoms with Crippen LogP contribution in [0.25, 0.3) is 16.8 Å². The van der Waals surface area contributed by atoms with Crippen LogP contribution in [-0.2, 0) is 4.79 Å².